The molecule has 19 heavy (non-hydrogen) atoms. The molecule has 0 saturated carbocycles. The zero-order valence-electron chi connectivity index (χ0n) is 11.1. The van der Waals surface area contributed by atoms with Crippen molar-refractivity contribution >= 4 is 14.4 Å². The number of ether oxygens (including phenoxy) is 1. The van der Waals surface area contributed by atoms with E-state index in [0.29, 0.717) is 6.61 Å². The van der Waals surface area contributed by atoms with Crippen LogP contribution in [-0.2, 0) is 17.6 Å². The fourth-order valence-corrected chi connectivity index (χ4v) is 2.12. The monoisotopic (exact) mass is 294 g/mol. The lowest BCUT2D eigenvalue weighted by molar-refractivity contribution is -0.149. The minimum Gasteiger partial charge on any atom is -0.361 e. The van der Waals surface area contributed by atoms with E-state index in [1.54, 1.807) is 0 Å². The Morgan fingerprint density at radius 3 is 2.53 bits per heavy atom. The minimum absolute atomic E-state index is 0.249. The number of halogens is 3. The van der Waals surface area contributed by atoms with Gasteiger partial charge in [-0.05, 0) is 6.04 Å². The van der Waals surface area contributed by atoms with Gasteiger partial charge in [-0.25, -0.2) is 4.98 Å². The maximum absolute atomic E-state index is 12.6. The molecule has 1 aromatic rings. The molecule has 0 bridgehead atoms. The average Bonchev–Trinajstić information content (AvgIpc) is 2.66. The van der Waals surface area contributed by atoms with Gasteiger partial charge in [0.05, 0.1) is 0 Å². The van der Waals surface area contributed by atoms with E-state index < -0.39 is 20.1 Å². The summed E-state index contributed by atoms with van der Waals surface area (Å²) in [4.78, 5) is 13.7. The number of hydrogen-bond acceptors (Lipinski definition) is 3. The molecule has 8 heteroatoms. The van der Waals surface area contributed by atoms with Crippen LogP contribution in [0.4, 0.5) is 13.2 Å². The van der Waals surface area contributed by atoms with Crippen molar-refractivity contribution in [1.82, 2.24) is 9.55 Å². The van der Waals surface area contributed by atoms with E-state index in [1.807, 2.05) is 0 Å². The fraction of sp³-hybridized carbons (Fsp3) is 0.636. The SMILES string of the molecule is C[Si](C)(C)CCOCn1cc(C=O)nc1C(F)(F)F. The Morgan fingerprint density at radius 1 is 1.42 bits per heavy atom. The van der Waals surface area contributed by atoms with Gasteiger partial charge in [0.25, 0.3) is 0 Å². The van der Waals surface area contributed by atoms with Crippen molar-refractivity contribution in [1.29, 1.82) is 0 Å². The molecule has 0 spiro atoms. The van der Waals surface area contributed by atoms with E-state index in [-0.39, 0.29) is 18.7 Å². The Hall–Kier alpha value is -1.15. The van der Waals surface area contributed by atoms with Gasteiger partial charge in [0.2, 0.25) is 5.82 Å². The zero-order chi connectivity index (χ0) is 14.7. The third-order valence-electron chi connectivity index (χ3n) is 2.40. The van der Waals surface area contributed by atoms with Crippen LogP contribution in [-0.4, -0.2) is 30.5 Å². The van der Waals surface area contributed by atoms with Crippen LogP contribution in [0.3, 0.4) is 0 Å². The van der Waals surface area contributed by atoms with Gasteiger partial charge < -0.3 is 9.30 Å². The number of aromatic nitrogens is 2. The second-order valence-corrected chi connectivity index (χ2v) is 11.0. The first-order valence-electron chi connectivity index (χ1n) is 5.81. The van der Waals surface area contributed by atoms with Crippen molar-refractivity contribution in [2.24, 2.45) is 0 Å². The highest BCUT2D eigenvalue weighted by molar-refractivity contribution is 6.76. The Kier molecular flexibility index (Phi) is 4.91. The predicted octanol–water partition coefficient (Wildman–Crippen LogP) is 3.03. The summed E-state index contributed by atoms with van der Waals surface area (Å²) in [5.74, 6) is -1.11. The topological polar surface area (TPSA) is 44.1 Å². The van der Waals surface area contributed by atoms with Crippen LogP contribution in [0.1, 0.15) is 16.3 Å². The number of alkyl halides is 3. The standard InChI is InChI=1S/C11H17F3N2O2Si/c1-19(2,3)5-4-18-8-16-6-9(7-17)15-10(16)11(12,13)14/h6-7H,4-5,8H2,1-3H3. The van der Waals surface area contributed by atoms with E-state index in [0.717, 1.165) is 16.8 Å². The lowest BCUT2D eigenvalue weighted by atomic mass is 10.5. The Balaban J connectivity index is 2.67. The summed E-state index contributed by atoms with van der Waals surface area (Å²) in [6, 6.07) is 0.865. The van der Waals surface area contributed by atoms with Crippen molar-refractivity contribution in [3.63, 3.8) is 0 Å². The summed E-state index contributed by atoms with van der Waals surface area (Å²) in [7, 11) is -1.28. The Labute approximate surface area is 110 Å². The number of carbonyl (C=O) groups is 1. The molecule has 0 atom stereocenters. The zero-order valence-corrected chi connectivity index (χ0v) is 12.1. The van der Waals surface area contributed by atoms with Crippen LogP contribution in [0.15, 0.2) is 6.20 Å². The predicted molar refractivity (Wildman–Crippen MR) is 66.7 cm³/mol. The van der Waals surface area contributed by atoms with Crippen molar-refractivity contribution in [2.75, 3.05) is 6.61 Å². The molecule has 0 N–H and O–H groups in total. The molecule has 0 aliphatic rings. The number of nitrogens with zero attached hydrogens (tertiary/aromatic N) is 2. The Morgan fingerprint density at radius 2 is 2.05 bits per heavy atom. The second kappa shape index (κ2) is 5.87. The molecule has 1 aromatic heterocycles. The van der Waals surface area contributed by atoms with E-state index in [1.165, 1.54) is 0 Å². The first kappa shape index (κ1) is 15.9. The van der Waals surface area contributed by atoms with Gasteiger partial charge in [-0.3, -0.25) is 4.79 Å². The molecule has 1 heterocycles. The van der Waals surface area contributed by atoms with Crippen molar-refractivity contribution in [2.45, 2.75) is 38.6 Å². The van der Waals surface area contributed by atoms with Gasteiger partial charge in [-0.1, -0.05) is 19.6 Å². The summed E-state index contributed by atoms with van der Waals surface area (Å²) in [5.41, 5.74) is -0.249. The van der Waals surface area contributed by atoms with Gasteiger partial charge in [0.15, 0.2) is 6.29 Å². The van der Waals surface area contributed by atoms with E-state index in [9.17, 15) is 18.0 Å². The summed E-state index contributed by atoms with van der Waals surface area (Å²) in [6.45, 7) is 6.61. The summed E-state index contributed by atoms with van der Waals surface area (Å²) in [5, 5.41) is 0. The van der Waals surface area contributed by atoms with Crippen LogP contribution in [0.25, 0.3) is 0 Å². The van der Waals surface area contributed by atoms with Crippen LogP contribution in [0.2, 0.25) is 25.7 Å². The molecule has 0 amide bonds. The number of aldehydes is 1. The molecule has 0 saturated heterocycles. The highest BCUT2D eigenvalue weighted by Gasteiger charge is 2.37. The molecular weight excluding hydrogens is 277 g/mol. The van der Waals surface area contributed by atoms with Gasteiger partial charge in [0.1, 0.15) is 12.4 Å². The van der Waals surface area contributed by atoms with Crippen molar-refractivity contribution < 1.29 is 22.7 Å². The quantitative estimate of drug-likeness (QED) is 0.460. The van der Waals surface area contributed by atoms with Crippen LogP contribution < -0.4 is 0 Å². The summed E-state index contributed by atoms with van der Waals surface area (Å²) < 4.78 is 44.0. The minimum atomic E-state index is -4.59. The molecule has 0 fully saturated rings. The summed E-state index contributed by atoms with van der Waals surface area (Å²) in [6.07, 6.45) is -3.26. The molecule has 0 aromatic carbocycles. The molecule has 0 aliphatic carbocycles. The van der Waals surface area contributed by atoms with Crippen molar-refractivity contribution in [3.8, 4) is 0 Å². The normalized spacial score (nSPS) is 12.7. The van der Waals surface area contributed by atoms with E-state index in [4.69, 9.17) is 4.74 Å². The summed E-state index contributed by atoms with van der Waals surface area (Å²) >= 11 is 0. The van der Waals surface area contributed by atoms with E-state index >= 15 is 0 Å². The third-order valence-corrected chi connectivity index (χ3v) is 4.10. The largest absolute Gasteiger partial charge is 0.449 e. The second-order valence-electron chi connectivity index (χ2n) is 5.42. The van der Waals surface area contributed by atoms with Gasteiger partial charge in [0, 0.05) is 20.9 Å². The fourth-order valence-electron chi connectivity index (χ4n) is 1.36. The van der Waals surface area contributed by atoms with Gasteiger partial charge in [-0.2, -0.15) is 13.2 Å². The van der Waals surface area contributed by atoms with Crippen LogP contribution in [0.5, 0.6) is 0 Å². The lowest BCUT2D eigenvalue weighted by Crippen LogP contribution is -2.22. The molecule has 108 valence electrons. The average molecular weight is 294 g/mol. The molecule has 0 unspecified atom stereocenters. The molecule has 1 rings (SSSR count). The number of hydrogen-bond donors (Lipinski definition) is 0. The maximum atomic E-state index is 12.6. The Bertz CT molecular complexity index is 438. The van der Waals surface area contributed by atoms with Crippen LogP contribution in [0, 0.1) is 0 Å². The number of rotatable bonds is 6. The number of imidazole rings is 1. The number of carbonyl (C=O) groups excluding carboxylic acids is 1. The van der Waals surface area contributed by atoms with E-state index in [2.05, 4.69) is 24.6 Å². The highest BCUT2D eigenvalue weighted by atomic mass is 28.3. The smallest absolute Gasteiger partial charge is 0.361 e. The molecule has 4 nitrogen and oxygen atoms in total. The highest BCUT2D eigenvalue weighted by Crippen LogP contribution is 2.28. The van der Waals surface area contributed by atoms with Gasteiger partial charge in [-0.15, -0.1) is 0 Å². The molecule has 0 aliphatic heterocycles. The third kappa shape index (κ3) is 5.15. The maximum Gasteiger partial charge on any atom is 0.449 e. The first-order valence-corrected chi connectivity index (χ1v) is 9.51. The first-order chi connectivity index (χ1) is 8.63. The molecular formula is C11H17F3N2O2Si. The van der Waals surface area contributed by atoms with Gasteiger partial charge >= 0.3 is 6.18 Å². The lowest BCUT2D eigenvalue weighted by Gasteiger charge is -2.16. The molecule has 0 radical (unpaired) electrons. The van der Waals surface area contributed by atoms with Crippen molar-refractivity contribution in [3.05, 3.63) is 17.7 Å². The van der Waals surface area contributed by atoms with Crippen LogP contribution >= 0.6 is 0 Å².